The van der Waals surface area contributed by atoms with Crippen molar-refractivity contribution in [1.29, 1.82) is 0 Å². The minimum Gasteiger partial charge on any atom is -0.508 e. The first-order valence-corrected chi connectivity index (χ1v) is 12.6. The van der Waals surface area contributed by atoms with Crippen LogP contribution in [0.25, 0.3) is 5.52 Å². The molecule has 4 N–H and O–H groups in total. The second-order valence-electron chi connectivity index (χ2n) is 9.00. The van der Waals surface area contributed by atoms with Crippen molar-refractivity contribution >= 4 is 56.2 Å². The summed E-state index contributed by atoms with van der Waals surface area (Å²) in [6.45, 7) is 0.335. The third-order valence-electron chi connectivity index (χ3n) is 6.82. The first-order chi connectivity index (χ1) is 16.8. The van der Waals surface area contributed by atoms with Crippen LogP contribution in [0.15, 0.2) is 46.1 Å². The highest BCUT2D eigenvalue weighted by atomic mass is 79.9. The van der Waals surface area contributed by atoms with E-state index in [9.17, 15) is 9.90 Å². The molecule has 9 nitrogen and oxygen atoms in total. The summed E-state index contributed by atoms with van der Waals surface area (Å²) >= 11 is 9.79. The van der Waals surface area contributed by atoms with E-state index >= 15 is 0 Å². The van der Waals surface area contributed by atoms with Gasteiger partial charge in [-0.15, -0.1) is 0 Å². The number of benzene rings is 1. The van der Waals surface area contributed by atoms with Gasteiger partial charge in [0.1, 0.15) is 11.6 Å². The molecular weight excluding hydrogens is 536 g/mol. The Kier molecular flexibility index (Phi) is 6.61. The standard InChI is InChI=1S/C24H26BrClN6O3/c1-35-22(34)12-31-15-2-3-16(31)8-14(7-15)29-23-18(10-28-32-11-13(25)6-21(23)32)24(27)30-20-5-4-17(33)9-19(20)26/h4-6,9-11,14-16,29,33H,2-3,7-8,12H2,1H3,(H2,27,30)/t14-,15-,16?/m0/s1. The maximum atomic E-state index is 11.9. The molecule has 1 unspecified atom stereocenters. The number of aromatic nitrogens is 2. The lowest BCUT2D eigenvalue weighted by molar-refractivity contribution is -0.143. The fourth-order valence-corrected chi connectivity index (χ4v) is 5.84. The Bertz CT molecular complexity index is 1300. The molecule has 0 amide bonds. The number of methoxy groups -OCH3 is 1. The molecule has 2 aromatic heterocycles. The molecular formula is C24H26BrClN6O3. The normalized spacial score (nSPS) is 22.5. The van der Waals surface area contributed by atoms with Crippen LogP contribution in [0.4, 0.5) is 11.4 Å². The number of esters is 1. The predicted octanol–water partition coefficient (Wildman–Crippen LogP) is 4.07. The van der Waals surface area contributed by atoms with Crippen molar-refractivity contribution in [3.8, 4) is 5.75 Å². The molecule has 4 heterocycles. The molecule has 11 heteroatoms. The first kappa shape index (κ1) is 23.9. The number of nitrogens with one attached hydrogen (secondary N) is 1. The quantitative estimate of drug-likeness (QED) is 0.236. The van der Waals surface area contributed by atoms with Gasteiger partial charge < -0.3 is 20.9 Å². The Labute approximate surface area is 216 Å². The number of aromatic hydroxyl groups is 1. The lowest BCUT2D eigenvalue weighted by atomic mass is 9.96. The zero-order valence-electron chi connectivity index (χ0n) is 19.1. The monoisotopic (exact) mass is 560 g/mol. The Morgan fingerprint density at radius 1 is 1.34 bits per heavy atom. The van der Waals surface area contributed by atoms with Crippen molar-refractivity contribution in [3.63, 3.8) is 0 Å². The van der Waals surface area contributed by atoms with E-state index in [2.05, 4.69) is 36.2 Å². The third kappa shape index (κ3) is 4.82. The van der Waals surface area contributed by atoms with Crippen LogP contribution < -0.4 is 11.1 Å². The zero-order valence-corrected chi connectivity index (χ0v) is 21.5. The average Bonchev–Trinajstić information content (AvgIpc) is 3.30. The molecule has 1 aromatic carbocycles. The number of phenols is 1. The number of piperidine rings is 1. The van der Waals surface area contributed by atoms with Crippen molar-refractivity contribution < 1.29 is 14.6 Å². The number of nitrogens with two attached hydrogens (primary N) is 1. The number of carbonyl (C=O) groups is 1. The minimum atomic E-state index is -0.193. The van der Waals surface area contributed by atoms with Crippen molar-refractivity contribution in [2.24, 2.45) is 10.7 Å². The molecule has 0 saturated carbocycles. The van der Waals surface area contributed by atoms with Gasteiger partial charge in [-0.25, -0.2) is 9.51 Å². The molecule has 35 heavy (non-hydrogen) atoms. The molecule has 2 fully saturated rings. The van der Waals surface area contributed by atoms with Crippen molar-refractivity contribution in [2.75, 3.05) is 19.0 Å². The number of hydrogen-bond donors (Lipinski definition) is 3. The minimum absolute atomic E-state index is 0.0594. The van der Waals surface area contributed by atoms with Gasteiger partial charge in [0.2, 0.25) is 0 Å². The molecule has 2 aliphatic rings. The molecule has 3 atom stereocenters. The van der Waals surface area contributed by atoms with Crippen LogP contribution in [-0.4, -0.2) is 63.2 Å². The summed E-state index contributed by atoms with van der Waals surface area (Å²) in [5.41, 5.74) is 9.30. The summed E-state index contributed by atoms with van der Waals surface area (Å²) in [4.78, 5) is 18.7. The number of halogens is 2. The lowest BCUT2D eigenvalue weighted by Crippen LogP contribution is -2.49. The van der Waals surface area contributed by atoms with E-state index in [-0.39, 0.29) is 23.6 Å². The lowest BCUT2D eigenvalue weighted by Gasteiger charge is -2.39. The zero-order chi connectivity index (χ0) is 24.7. The number of nitrogens with zero attached hydrogens (tertiary/aromatic N) is 4. The van der Waals surface area contributed by atoms with E-state index in [1.807, 2.05) is 12.3 Å². The summed E-state index contributed by atoms with van der Waals surface area (Å²) in [6.07, 6.45) is 7.53. The second-order valence-corrected chi connectivity index (χ2v) is 10.3. The summed E-state index contributed by atoms with van der Waals surface area (Å²) in [6, 6.07) is 7.40. The second kappa shape index (κ2) is 9.67. The summed E-state index contributed by atoms with van der Waals surface area (Å²) in [7, 11) is 1.43. The number of carbonyl (C=O) groups excluding carboxylic acids is 1. The summed E-state index contributed by atoms with van der Waals surface area (Å²) < 4.78 is 7.58. The molecule has 184 valence electrons. The van der Waals surface area contributed by atoms with Crippen LogP contribution in [0.2, 0.25) is 5.02 Å². The number of amidine groups is 1. The molecule has 0 aliphatic carbocycles. The molecule has 5 rings (SSSR count). The van der Waals surface area contributed by atoms with Gasteiger partial charge in [-0.05, 0) is 59.8 Å². The maximum absolute atomic E-state index is 11.9. The van der Waals surface area contributed by atoms with Crippen molar-refractivity contribution in [2.45, 2.75) is 43.8 Å². The summed E-state index contributed by atoms with van der Waals surface area (Å²) in [5, 5.41) is 18.2. The van der Waals surface area contributed by atoms with Gasteiger partial charge in [-0.3, -0.25) is 9.69 Å². The molecule has 2 bridgehead atoms. The Hall–Kier alpha value is -2.82. The highest BCUT2D eigenvalue weighted by Gasteiger charge is 2.41. The highest BCUT2D eigenvalue weighted by molar-refractivity contribution is 9.10. The van der Waals surface area contributed by atoms with E-state index in [0.717, 1.165) is 41.4 Å². The van der Waals surface area contributed by atoms with Crippen LogP contribution in [0.3, 0.4) is 0 Å². The number of anilines is 1. The third-order valence-corrected chi connectivity index (χ3v) is 7.56. The Morgan fingerprint density at radius 2 is 2.09 bits per heavy atom. The fraction of sp³-hybridized carbons (Fsp3) is 0.375. The number of fused-ring (bicyclic) bond motifs is 3. The molecule has 0 radical (unpaired) electrons. The van der Waals surface area contributed by atoms with Crippen LogP contribution in [0.5, 0.6) is 5.75 Å². The highest BCUT2D eigenvalue weighted by Crippen LogP contribution is 2.38. The number of phenolic OH excluding ortho intramolecular Hbond substituents is 1. The first-order valence-electron chi connectivity index (χ1n) is 11.4. The van der Waals surface area contributed by atoms with Crippen molar-refractivity contribution in [3.05, 3.63) is 51.7 Å². The number of hydrogen-bond acceptors (Lipinski definition) is 7. The molecule has 2 aliphatic heterocycles. The van der Waals surface area contributed by atoms with Crippen LogP contribution in [0.1, 0.15) is 31.2 Å². The van der Waals surface area contributed by atoms with Gasteiger partial charge >= 0.3 is 5.97 Å². The molecule has 2 saturated heterocycles. The Morgan fingerprint density at radius 3 is 2.77 bits per heavy atom. The topological polar surface area (TPSA) is 117 Å². The van der Waals surface area contributed by atoms with Gasteiger partial charge in [0, 0.05) is 34.9 Å². The van der Waals surface area contributed by atoms with Gasteiger partial charge in [-0.2, -0.15) is 5.10 Å². The number of rotatable bonds is 6. The van der Waals surface area contributed by atoms with Crippen LogP contribution in [0, 0.1) is 0 Å². The van der Waals surface area contributed by atoms with E-state index in [4.69, 9.17) is 22.1 Å². The number of aliphatic imine (C=N–C) groups is 1. The van der Waals surface area contributed by atoms with Crippen LogP contribution >= 0.6 is 27.5 Å². The smallest absolute Gasteiger partial charge is 0.319 e. The SMILES string of the molecule is COC(=O)CN1C2CC[C@H]1C[C@H](Nc1c(/C(N)=N/c3ccc(O)cc3Cl)cnn3cc(Br)cc13)C2. The Balaban J connectivity index is 1.46. The predicted molar refractivity (Wildman–Crippen MR) is 139 cm³/mol. The molecule has 3 aromatic rings. The van der Waals surface area contributed by atoms with Gasteiger partial charge in [0.05, 0.1) is 47.3 Å². The maximum Gasteiger partial charge on any atom is 0.319 e. The molecule has 0 spiro atoms. The van der Waals surface area contributed by atoms with Gasteiger partial charge in [0.15, 0.2) is 0 Å². The van der Waals surface area contributed by atoms with E-state index in [0.29, 0.717) is 34.9 Å². The van der Waals surface area contributed by atoms with Crippen LogP contribution in [-0.2, 0) is 9.53 Å². The fourth-order valence-electron chi connectivity index (χ4n) is 5.22. The largest absolute Gasteiger partial charge is 0.508 e. The van der Waals surface area contributed by atoms with E-state index < -0.39 is 0 Å². The van der Waals surface area contributed by atoms with E-state index in [1.54, 1.807) is 16.8 Å². The van der Waals surface area contributed by atoms with E-state index in [1.165, 1.54) is 19.2 Å². The average molecular weight is 562 g/mol. The van der Waals surface area contributed by atoms with Gasteiger partial charge in [-0.1, -0.05) is 11.6 Å². The van der Waals surface area contributed by atoms with Crippen molar-refractivity contribution in [1.82, 2.24) is 14.5 Å². The number of ether oxygens (including phenoxy) is 1. The summed E-state index contributed by atoms with van der Waals surface area (Å²) in [5.74, 6) is 0.129. The van der Waals surface area contributed by atoms with Gasteiger partial charge in [0.25, 0.3) is 0 Å².